The Labute approximate surface area is 103 Å². The van der Waals surface area contributed by atoms with E-state index in [0.29, 0.717) is 5.89 Å². The van der Waals surface area contributed by atoms with Crippen LogP contribution in [0.1, 0.15) is 42.3 Å². The second-order valence-corrected chi connectivity index (χ2v) is 4.20. The number of rotatable bonds is 4. The van der Waals surface area contributed by atoms with Crippen LogP contribution in [0, 0.1) is 0 Å². The minimum atomic E-state index is -0.774. The fourth-order valence-electron chi connectivity index (χ4n) is 1.70. The van der Waals surface area contributed by atoms with Crippen LogP contribution in [0.25, 0.3) is 0 Å². The van der Waals surface area contributed by atoms with Crippen molar-refractivity contribution in [2.24, 2.45) is 5.73 Å². The lowest BCUT2D eigenvalue weighted by molar-refractivity contribution is -0.119. The van der Waals surface area contributed by atoms with Crippen LogP contribution in [0.5, 0.6) is 0 Å². The summed E-state index contributed by atoms with van der Waals surface area (Å²) in [6, 6.07) is -0.767. The molecule has 8 nitrogen and oxygen atoms in total. The van der Waals surface area contributed by atoms with Gasteiger partial charge in [-0.15, -0.1) is 0 Å². The summed E-state index contributed by atoms with van der Waals surface area (Å²) >= 11 is 0. The number of nitrogens with zero attached hydrogens (tertiary/aromatic N) is 2. The summed E-state index contributed by atoms with van der Waals surface area (Å²) in [5.41, 5.74) is 5.04. The van der Waals surface area contributed by atoms with Crippen molar-refractivity contribution in [3.8, 4) is 0 Å². The number of hydrogen-bond donors (Lipinski definition) is 3. The first-order chi connectivity index (χ1) is 8.58. The molecule has 2 atom stereocenters. The normalized spacial score (nSPS) is 20.6. The lowest BCUT2D eigenvalue weighted by Gasteiger charge is -2.06. The molecule has 2 unspecified atom stereocenters. The highest BCUT2D eigenvalue weighted by atomic mass is 16.5. The molecular formula is C10H15N5O3. The number of carbonyl (C=O) groups is 2. The molecule has 1 aromatic heterocycles. The van der Waals surface area contributed by atoms with E-state index in [4.69, 9.17) is 10.3 Å². The Morgan fingerprint density at radius 2 is 2.39 bits per heavy atom. The Kier molecular flexibility index (Phi) is 3.56. The maximum absolute atomic E-state index is 11.7. The van der Waals surface area contributed by atoms with E-state index in [1.165, 1.54) is 6.92 Å². The van der Waals surface area contributed by atoms with Crippen LogP contribution < -0.4 is 16.4 Å². The van der Waals surface area contributed by atoms with Gasteiger partial charge in [-0.05, 0) is 26.3 Å². The monoisotopic (exact) mass is 253 g/mol. The van der Waals surface area contributed by atoms with Crippen LogP contribution in [-0.4, -0.2) is 34.5 Å². The van der Waals surface area contributed by atoms with Crippen LogP contribution in [0.15, 0.2) is 4.52 Å². The molecule has 2 rings (SSSR count). The Morgan fingerprint density at radius 1 is 1.61 bits per heavy atom. The van der Waals surface area contributed by atoms with Gasteiger partial charge in [0.1, 0.15) is 6.04 Å². The van der Waals surface area contributed by atoms with Gasteiger partial charge >= 0.3 is 0 Å². The molecule has 0 aliphatic carbocycles. The van der Waals surface area contributed by atoms with Crippen molar-refractivity contribution in [2.75, 3.05) is 6.54 Å². The van der Waals surface area contributed by atoms with Gasteiger partial charge in [0.05, 0.1) is 6.04 Å². The van der Waals surface area contributed by atoms with Crippen molar-refractivity contribution in [2.45, 2.75) is 31.8 Å². The lowest BCUT2D eigenvalue weighted by atomic mass is 10.2. The number of primary amides is 1. The number of aromatic nitrogens is 2. The lowest BCUT2D eigenvalue weighted by Crippen LogP contribution is -2.42. The van der Waals surface area contributed by atoms with Gasteiger partial charge in [-0.3, -0.25) is 9.59 Å². The van der Waals surface area contributed by atoms with E-state index in [1.54, 1.807) is 0 Å². The zero-order chi connectivity index (χ0) is 13.1. The predicted octanol–water partition coefficient (Wildman–Crippen LogP) is -0.902. The summed E-state index contributed by atoms with van der Waals surface area (Å²) < 4.78 is 5.01. The average Bonchev–Trinajstić information content (AvgIpc) is 2.99. The summed E-state index contributed by atoms with van der Waals surface area (Å²) in [7, 11) is 0. The minimum Gasteiger partial charge on any atom is -0.368 e. The first-order valence-electron chi connectivity index (χ1n) is 5.75. The third kappa shape index (κ3) is 2.65. The van der Waals surface area contributed by atoms with Crippen molar-refractivity contribution in [1.82, 2.24) is 20.8 Å². The maximum Gasteiger partial charge on any atom is 0.293 e. The fourth-order valence-corrected chi connectivity index (χ4v) is 1.70. The Morgan fingerprint density at radius 3 is 3.00 bits per heavy atom. The zero-order valence-corrected chi connectivity index (χ0v) is 9.97. The van der Waals surface area contributed by atoms with Gasteiger partial charge in [-0.25, -0.2) is 0 Å². The second kappa shape index (κ2) is 5.13. The number of nitrogens with one attached hydrogen (secondary N) is 2. The van der Waals surface area contributed by atoms with Gasteiger partial charge in [-0.1, -0.05) is 5.16 Å². The first kappa shape index (κ1) is 12.5. The van der Waals surface area contributed by atoms with E-state index in [2.05, 4.69) is 20.8 Å². The Bertz CT molecular complexity index is 452. The van der Waals surface area contributed by atoms with Crippen LogP contribution in [0.4, 0.5) is 0 Å². The van der Waals surface area contributed by atoms with Crippen molar-refractivity contribution in [3.05, 3.63) is 11.7 Å². The van der Waals surface area contributed by atoms with E-state index in [9.17, 15) is 9.59 Å². The highest BCUT2D eigenvalue weighted by molar-refractivity contribution is 5.94. The van der Waals surface area contributed by atoms with Crippen LogP contribution in [-0.2, 0) is 4.79 Å². The van der Waals surface area contributed by atoms with Crippen LogP contribution in [0.2, 0.25) is 0 Å². The van der Waals surface area contributed by atoms with Gasteiger partial charge in [-0.2, -0.15) is 4.98 Å². The molecule has 2 heterocycles. The van der Waals surface area contributed by atoms with Crippen LogP contribution >= 0.6 is 0 Å². The van der Waals surface area contributed by atoms with Gasteiger partial charge in [0.2, 0.25) is 11.8 Å². The highest BCUT2D eigenvalue weighted by Gasteiger charge is 2.25. The van der Waals surface area contributed by atoms with E-state index >= 15 is 0 Å². The molecule has 1 aliphatic heterocycles. The first-order valence-corrected chi connectivity index (χ1v) is 5.75. The average molecular weight is 253 g/mol. The summed E-state index contributed by atoms with van der Waals surface area (Å²) in [4.78, 5) is 26.5. The summed E-state index contributed by atoms with van der Waals surface area (Å²) in [6.45, 7) is 2.38. The smallest absolute Gasteiger partial charge is 0.293 e. The molecule has 1 aromatic rings. The zero-order valence-electron chi connectivity index (χ0n) is 9.97. The van der Waals surface area contributed by atoms with Gasteiger partial charge < -0.3 is 20.9 Å². The van der Waals surface area contributed by atoms with E-state index in [-0.39, 0.29) is 11.9 Å². The molecule has 18 heavy (non-hydrogen) atoms. The standard InChI is InChI=1S/C10H15N5O3/c1-5(7(11)16)13-9(17)8-14-10(18-15-8)6-3-2-4-12-6/h5-6,12H,2-4H2,1H3,(H2,11,16)(H,13,17). The van der Waals surface area contributed by atoms with Crippen molar-refractivity contribution < 1.29 is 14.1 Å². The van der Waals surface area contributed by atoms with Crippen molar-refractivity contribution >= 4 is 11.8 Å². The Balaban J connectivity index is 2.00. The molecule has 0 saturated carbocycles. The highest BCUT2D eigenvalue weighted by Crippen LogP contribution is 2.20. The van der Waals surface area contributed by atoms with E-state index < -0.39 is 17.9 Å². The molecule has 0 spiro atoms. The van der Waals surface area contributed by atoms with Gasteiger partial charge in [0.25, 0.3) is 11.7 Å². The summed E-state index contributed by atoms with van der Waals surface area (Å²) in [5, 5.41) is 9.15. The molecule has 1 fully saturated rings. The summed E-state index contributed by atoms with van der Waals surface area (Å²) in [5.74, 6) is -0.894. The molecule has 1 saturated heterocycles. The largest absolute Gasteiger partial charge is 0.368 e. The second-order valence-electron chi connectivity index (χ2n) is 4.20. The van der Waals surface area contributed by atoms with Gasteiger partial charge in [0.15, 0.2) is 0 Å². The molecule has 1 aliphatic rings. The number of nitrogens with two attached hydrogens (primary N) is 1. The molecule has 0 aromatic carbocycles. The summed E-state index contributed by atoms with van der Waals surface area (Å²) in [6.07, 6.45) is 1.94. The van der Waals surface area contributed by atoms with Crippen molar-refractivity contribution in [3.63, 3.8) is 0 Å². The Hall–Kier alpha value is -1.96. The van der Waals surface area contributed by atoms with E-state index in [0.717, 1.165) is 19.4 Å². The SMILES string of the molecule is CC(NC(=O)c1noc(C2CCCN2)n1)C(N)=O. The third-order valence-corrected chi connectivity index (χ3v) is 2.78. The molecule has 0 radical (unpaired) electrons. The maximum atomic E-state index is 11.7. The molecular weight excluding hydrogens is 238 g/mol. The number of carbonyl (C=O) groups excluding carboxylic acids is 2. The molecule has 98 valence electrons. The predicted molar refractivity (Wildman–Crippen MR) is 60.4 cm³/mol. The van der Waals surface area contributed by atoms with Crippen LogP contribution in [0.3, 0.4) is 0 Å². The molecule has 4 N–H and O–H groups in total. The number of hydrogen-bond acceptors (Lipinski definition) is 6. The molecule has 0 bridgehead atoms. The van der Waals surface area contributed by atoms with E-state index in [1.807, 2.05) is 0 Å². The third-order valence-electron chi connectivity index (χ3n) is 2.78. The number of amides is 2. The quantitative estimate of drug-likeness (QED) is 0.638. The minimum absolute atomic E-state index is 0.00705. The van der Waals surface area contributed by atoms with Gasteiger partial charge in [0, 0.05) is 0 Å². The topological polar surface area (TPSA) is 123 Å². The molecule has 8 heteroatoms. The van der Waals surface area contributed by atoms with Crippen molar-refractivity contribution in [1.29, 1.82) is 0 Å². The fraction of sp³-hybridized carbons (Fsp3) is 0.600. The molecule has 2 amide bonds.